The van der Waals surface area contributed by atoms with Crippen LogP contribution in [0, 0.1) is 17.2 Å². The van der Waals surface area contributed by atoms with Gasteiger partial charge in [-0.15, -0.1) is 0 Å². The molecule has 2 fully saturated rings. The molecule has 4 nitrogen and oxygen atoms in total. The lowest BCUT2D eigenvalue weighted by Gasteiger charge is -2.32. The summed E-state index contributed by atoms with van der Waals surface area (Å²) in [7, 11) is 0. The molecule has 1 saturated carbocycles. The van der Waals surface area contributed by atoms with Gasteiger partial charge in [0.1, 0.15) is 6.07 Å². The molecule has 0 spiro atoms. The fourth-order valence-corrected chi connectivity index (χ4v) is 3.93. The fourth-order valence-electron chi connectivity index (χ4n) is 3.93. The molecule has 1 heterocycles. The molecule has 1 aliphatic heterocycles. The van der Waals surface area contributed by atoms with E-state index in [4.69, 9.17) is 5.11 Å². The van der Waals surface area contributed by atoms with E-state index >= 15 is 0 Å². The maximum Gasteiger partial charge on any atom is 0.335 e. The Morgan fingerprint density at radius 2 is 2.00 bits per heavy atom. The van der Waals surface area contributed by atoms with Gasteiger partial charge < -0.3 is 10.0 Å². The summed E-state index contributed by atoms with van der Waals surface area (Å²) >= 11 is 0. The number of nitrogens with zero attached hydrogens (tertiary/aromatic N) is 2. The van der Waals surface area contributed by atoms with E-state index in [-0.39, 0.29) is 5.56 Å². The van der Waals surface area contributed by atoms with Gasteiger partial charge in [0, 0.05) is 12.6 Å². The Labute approximate surface area is 125 Å². The highest BCUT2D eigenvalue weighted by atomic mass is 16.4. The number of rotatable bonds is 3. The molecule has 1 aromatic carbocycles. The van der Waals surface area contributed by atoms with Crippen LogP contribution in [-0.4, -0.2) is 23.7 Å². The van der Waals surface area contributed by atoms with Crippen LogP contribution < -0.4 is 4.90 Å². The molecule has 110 valence electrons. The second-order valence-corrected chi connectivity index (χ2v) is 6.10. The van der Waals surface area contributed by atoms with Crippen LogP contribution in [0.25, 0.3) is 0 Å². The van der Waals surface area contributed by atoms with Gasteiger partial charge in [-0.1, -0.05) is 12.8 Å². The van der Waals surface area contributed by atoms with E-state index in [0.29, 0.717) is 11.6 Å². The van der Waals surface area contributed by atoms with Crippen LogP contribution in [0.4, 0.5) is 5.69 Å². The fraction of sp³-hybridized carbons (Fsp3) is 0.529. The standard InChI is InChI=1S/C17H20N2O2/c18-11-14-10-13(17(20)21)7-8-16(14)19-9-3-6-15(19)12-4-1-2-5-12/h7-8,10,12,15H,1-6,9H2,(H,20,21). The van der Waals surface area contributed by atoms with Gasteiger partial charge in [0.25, 0.3) is 0 Å². The van der Waals surface area contributed by atoms with Crippen LogP contribution in [0.1, 0.15) is 54.4 Å². The Hall–Kier alpha value is -2.02. The number of nitriles is 1. The van der Waals surface area contributed by atoms with Crippen molar-refractivity contribution in [3.8, 4) is 6.07 Å². The van der Waals surface area contributed by atoms with Crippen molar-refractivity contribution in [1.29, 1.82) is 5.26 Å². The van der Waals surface area contributed by atoms with Crippen LogP contribution >= 0.6 is 0 Å². The zero-order chi connectivity index (χ0) is 14.8. The number of aromatic carboxylic acids is 1. The van der Waals surface area contributed by atoms with Gasteiger partial charge in [-0.05, 0) is 49.8 Å². The molecule has 1 atom stereocenters. The zero-order valence-electron chi connectivity index (χ0n) is 12.1. The minimum Gasteiger partial charge on any atom is -0.478 e. The molecule has 4 heteroatoms. The van der Waals surface area contributed by atoms with Crippen molar-refractivity contribution in [1.82, 2.24) is 0 Å². The van der Waals surface area contributed by atoms with Gasteiger partial charge in [-0.3, -0.25) is 0 Å². The number of anilines is 1. The number of carbonyl (C=O) groups is 1. The molecule has 0 bridgehead atoms. The van der Waals surface area contributed by atoms with E-state index in [2.05, 4.69) is 11.0 Å². The average Bonchev–Trinajstić information content (AvgIpc) is 3.16. The molecule has 1 N–H and O–H groups in total. The minimum absolute atomic E-state index is 0.187. The Bertz CT molecular complexity index is 585. The van der Waals surface area contributed by atoms with Gasteiger partial charge in [-0.25, -0.2) is 4.79 Å². The third-order valence-corrected chi connectivity index (χ3v) is 4.92. The van der Waals surface area contributed by atoms with Gasteiger partial charge in [0.05, 0.1) is 16.8 Å². The van der Waals surface area contributed by atoms with Gasteiger partial charge in [0.2, 0.25) is 0 Å². The Morgan fingerprint density at radius 1 is 1.24 bits per heavy atom. The summed E-state index contributed by atoms with van der Waals surface area (Å²) in [6.07, 6.45) is 7.56. The molecule has 1 aliphatic carbocycles. The average molecular weight is 284 g/mol. The van der Waals surface area contributed by atoms with Crippen LogP contribution in [-0.2, 0) is 0 Å². The highest BCUT2D eigenvalue weighted by Crippen LogP contribution is 2.38. The number of carboxylic acid groups (broad SMARTS) is 1. The number of hydrogen-bond acceptors (Lipinski definition) is 3. The van der Waals surface area contributed by atoms with Gasteiger partial charge in [0.15, 0.2) is 0 Å². The highest BCUT2D eigenvalue weighted by molar-refractivity contribution is 5.89. The van der Waals surface area contributed by atoms with E-state index in [1.165, 1.54) is 38.2 Å². The maximum absolute atomic E-state index is 11.1. The lowest BCUT2D eigenvalue weighted by molar-refractivity contribution is 0.0697. The van der Waals surface area contributed by atoms with Crippen molar-refractivity contribution < 1.29 is 9.90 Å². The topological polar surface area (TPSA) is 64.3 Å². The molecular formula is C17H20N2O2. The smallest absolute Gasteiger partial charge is 0.335 e. The first-order chi connectivity index (χ1) is 10.2. The Morgan fingerprint density at radius 3 is 2.67 bits per heavy atom. The third kappa shape index (κ3) is 2.61. The molecule has 3 rings (SSSR count). The summed E-state index contributed by atoms with van der Waals surface area (Å²) in [6.45, 7) is 0.974. The van der Waals surface area contributed by atoms with E-state index in [1.807, 2.05) is 6.07 Å². The SMILES string of the molecule is N#Cc1cc(C(=O)O)ccc1N1CCCC1C1CCCC1. The van der Waals surface area contributed by atoms with Crippen molar-refractivity contribution in [3.63, 3.8) is 0 Å². The van der Waals surface area contributed by atoms with Crippen LogP contribution in [0.5, 0.6) is 0 Å². The van der Waals surface area contributed by atoms with Gasteiger partial charge in [-0.2, -0.15) is 5.26 Å². The van der Waals surface area contributed by atoms with Crippen molar-refractivity contribution in [3.05, 3.63) is 29.3 Å². The quantitative estimate of drug-likeness (QED) is 0.923. The second-order valence-electron chi connectivity index (χ2n) is 6.10. The lowest BCUT2D eigenvalue weighted by Crippen LogP contribution is -2.35. The van der Waals surface area contributed by atoms with Crippen molar-refractivity contribution >= 4 is 11.7 Å². The lowest BCUT2D eigenvalue weighted by atomic mass is 9.95. The predicted molar refractivity (Wildman–Crippen MR) is 80.4 cm³/mol. The van der Waals surface area contributed by atoms with Crippen LogP contribution in [0.3, 0.4) is 0 Å². The molecule has 0 aromatic heterocycles. The Balaban J connectivity index is 1.91. The predicted octanol–water partition coefficient (Wildman–Crippen LogP) is 3.42. The van der Waals surface area contributed by atoms with E-state index < -0.39 is 5.97 Å². The Kier molecular flexibility index (Phi) is 3.83. The molecule has 1 aromatic rings. The minimum atomic E-state index is -0.980. The van der Waals surface area contributed by atoms with Crippen LogP contribution in [0.2, 0.25) is 0 Å². The first kappa shape index (κ1) is 13.9. The number of benzene rings is 1. The normalized spacial score (nSPS) is 22.4. The molecule has 21 heavy (non-hydrogen) atoms. The first-order valence-corrected chi connectivity index (χ1v) is 7.75. The summed E-state index contributed by atoms with van der Waals surface area (Å²) in [6, 6.07) is 7.63. The summed E-state index contributed by atoms with van der Waals surface area (Å²) in [4.78, 5) is 13.4. The molecule has 0 amide bonds. The number of hydrogen-bond donors (Lipinski definition) is 1. The van der Waals surface area contributed by atoms with Crippen LogP contribution in [0.15, 0.2) is 18.2 Å². The largest absolute Gasteiger partial charge is 0.478 e. The molecule has 1 saturated heterocycles. The second kappa shape index (κ2) is 5.77. The van der Waals surface area contributed by atoms with Crippen molar-refractivity contribution in [2.24, 2.45) is 5.92 Å². The van der Waals surface area contributed by atoms with E-state index in [1.54, 1.807) is 6.07 Å². The molecule has 0 radical (unpaired) electrons. The monoisotopic (exact) mass is 284 g/mol. The van der Waals surface area contributed by atoms with Crippen molar-refractivity contribution in [2.45, 2.75) is 44.6 Å². The van der Waals surface area contributed by atoms with E-state index in [0.717, 1.165) is 24.6 Å². The first-order valence-electron chi connectivity index (χ1n) is 7.75. The summed E-state index contributed by atoms with van der Waals surface area (Å²) in [5.74, 6) is -0.245. The number of carboxylic acids is 1. The highest BCUT2D eigenvalue weighted by Gasteiger charge is 2.34. The summed E-state index contributed by atoms with van der Waals surface area (Å²) in [5, 5.41) is 18.4. The molecular weight excluding hydrogens is 264 g/mol. The van der Waals surface area contributed by atoms with Gasteiger partial charge >= 0.3 is 5.97 Å². The molecule has 2 aliphatic rings. The summed E-state index contributed by atoms with van der Waals surface area (Å²) < 4.78 is 0. The zero-order valence-corrected chi connectivity index (χ0v) is 12.1. The van der Waals surface area contributed by atoms with Crippen molar-refractivity contribution in [2.75, 3.05) is 11.4 Å². The molecule has 1 unspecified atom stereocenters. The summed E-state index contributed by atoms with van der Waals surface area (Å²) in [5.41, 5.74) is 1.59. The maximum atomic E-state index is 11.1. The van der Waals surface area contributed by atoms with E-state index in [9.17, 15) is 10.1 Å². The third-order valence-electron chi connectivity index (χ3n) is 4.92.